The molecule has 1 N–H and O–H groups in total. The molecule has 0 spiro atoms. The van der Waals surface area contributed by atoms with Gasteiger partial charge in [-0.15, -0.1) is 11.3 Å². The van der Waals surface area contributed by atoms with E-state index in [2.05, 4.69) is 61.0 Å². The number of fused-ring (bicyclic) bond motifs is 5. The summed E-state index contributed by atoms with van der Waals surface area (Å²) in [7, 11) is 5.96. The Balaban J connectivity index is 1.45. The molecule has 11 nitrogen and oxygen atoms in total. The molecule has 6 rings (SSSR count). The highest BCUT2D eigenvalue weighted by molar-refractivity contribution is 7.15. The Labute approximate surface area is 211 Å². The molecule has 0 saturated carbocycles. The minimum absolute atomic E-state index is 0.0754. The van der Waals surface area contributed by atoms with E-state index < -0.39 is 0 Å². The summed E-state index contributed by atoms with van der Waals surface area (Å²) in [5.41, 5.74) is 2.56. The van der Waals surface area contributed by atoms with Gasteiger partial charge in [-0.05, 0) is 27.1 Å². The first-order valence-electron chi connectivity index (χ1n) is 11.7. The van der Waals surface area contributed by atoms with Crippen LogP contribution >= 0.6 is 11.3 Å². The van der Waals surface area contributed by atoms with Crippen molar-refractivity contribution < 1.29 is 4.74 Å². The second kappa shape index (κ2) is 8.95. The van der Waals surface area contributed by atoms with Crippen molar-refractivity contribution in [2.24, 2.45) is 7.05 Å². The zero-order valence-corrected chi connectivity index (χ0v) is 21.3. The predicted molar refractivity (Wildman–Crippen MR) is 138 cm³/mol. The number of hydrogen-bond donors (Lipinski definition) is 1. The summed E-state index contributed by atoms with van der Waals surface area (Å²) in [6.45, 7) is 3.48. The average molecular weight is 503 g/mol. The fraction of sp³-hybridized carbons (Fsp3) is 0.333. The maximum absolute atomic E-state index is 6.19. The zero-order chi connectivity index (χ0) is 24.8. The van der Waals surface area contributed by atoms with E-state index in [1.807, 2.05) is 31.6 Å². The van der Waals surface area contributed by atoms with Crippen molar-refractivity contribution in [2.45, 2.75) is 25.9 Å². The number of pyridine rings is 1. The largest absolute Gasteiger partial charge is 0.477 e. The highest BCUT2D eigenvalue weighted by atomic mass is 32.1. The Kier molecular flexibility index (Phi) is 5.61. The Morgan fingerprint density at radius 1 is 1.17 bits per heavy atom. The number of ether oxygens (including phenoxy) is 1. The molecule has 12 heteroatoms. The van der Waals surface area contributed by atoms with Gasteiger partial charge in [0.1, 0.15) is 27.9 Å². The lowest BCUT2D eigenvalue weighted by Crippen LogP contribution is -2.13. The monoisotopic (exact) mass is 502 g/mol. The number of nitrogens with one attached hydrogen (secondary N) is 1. The van der Waals surface area contributed by atoms with Gasteiger partial charge in [0.25, 0.3) is 0 Å². The summed E-state index contributed by atoms with van der Waals surface area (Å²) in [4.78, 5) is 21.8. The number of nitrogens with zero attached hydrogens (tertiary/aromatic N) is 9. The number of rotatable bonds is 3. The average Bonchev–Trinajstić information content (AvgIpc) is 3.55. The molecule has 1 atom stereocenters. The topological polar surface area (TPSA) is 112 Å². The molecule has 0 fully saturated rings. The van der Waals surface area contributed by atoms with Gasteiger partial charge in [0.05, 0.1) is 24.4 Å². The van der Waals surface area contributed by atoms with E-state index in [-0.39, 0.29) is 6.04 Å². The van der Waals surface area contributed by atoms with Crippen LogP contribution in [-0.2, 0) is 13.6 Å². The maximum Gasteiger partial charge on any atom is 0.222 e. The van der Waals surface area contributed by atoms with Gasteiger partial charge in [-0.25, -0.2) is 24.6 Å². The van der Waals surface area contributed by atoms with Crippen molar-refractivity contribution in [3.8, 4) is 28.0 Å². The number of aryl methyl sites for hydroxylation is 1. The number of hydrogen-bond acceptors (Lipinski definition) is 10. The van der Waals surface area contributed by atoms with Crippen molar-refractivity contribution in [2.75, 3.05) is 26.0 Å². The third-order valence-electron chi connectivity index (χ3n) is 6.05. The molecule has 0 unspecified atom stereocenters. The molecule has 4 bridgehead atoms. The van der Waals surface area contributed by atoms with E-state index in [4.69, 9.17) is 9.84 Å². The number of anilines is 2. The summed E-state index contributed by atoms with van der Waals surface area (Å²) in [6, 6.07) is 3.90. The van der Waals surface area contributed by atoms with Crippen LogP contribution in [0.25, 0.3) is 33.0 Å². The van der Waals surface area contributed by atoms with Gasteiger partial charge in [-0.1, -0.05) is 0 Å². The van der Waals surface area contributed by atoms with Crippen LogP contribution in [0.1, 0.15) is 24.3 Å². The van der Waals surface area contributed by atoms with Gasteiger partial charge >= 0.3 is 0 Å². The summed E-state index contributed by atoms with van der Waals surface area (Å²) < 4.78 is 9.94. The predicted octanol–water partition coefficient (Wildman–Crippen LogP) is 3.89. The molecule has 0 radical (unpaired) electrons. The highest BCUT2D eigenvalue weighted by Crippen LogP contribution is 2.35. The Hall–Kier alpha value is -3.90. The van der Waals surface area contributed by atoms with E-state index in [1.165, 1.54) is 4.88 Å². The quantitative estimate of drug-likeness (QED) is 0.393. The molecule has 36 heavy (non-hydrogen) atoms. The first-order chi connectivity index (χ1) is 17.5. The highest BCUT2D eigenvalue weighted by Gasteiger charge is 2.22. The van der Waals surface area contributed by atoms with Crippen molar-refractivity contribution in [1.82, 2.24) is 44.4 Å². The smallest absolute Gasteiger partial charge is 0.222 e. The minimum atomic E-state index is 0.0754. The molecule has 0 aromatic carbocycles. The van der Waals surface area contributed by atoms with Crippen LogP contribution in [0.15, 0.2) is 36.9 Å². The lowest BCUT2D eigenvalue weighted by atomic mass is 10.2. The fourth-order valence-corrected chi connectivity index (χ4v) is 5.31. The lowest BCUT2D eigenvalue weighted by molar-refractivity contribution is 0.260. The minimum Gasteiger partial charge on any atom is -0.477 e. The third kappa shape index (κ3) is 4.07. The second-order valence-corrected chi connectivity index (χ2v) is 10.2. The van der Waals surface area contributed by atoms with Crippen LogP contribution in [0.3, 0.4) is 0 Å². The van der Waals surface area contributed by atoms with Gasteiger partial charge in [-0.3, -0.25) is 4.68 Å². The third-order valence-corrected chi connectivity index (χ3v) is 7.04. The van der Waals surface area contributed by atoms with Crippen molar-refractivity contribution in [3.05, 3.63) is 41.8 Å². The molecular formula is C24H26N10OS. The van der Waals surface area contributed by atoms with Gasteiger partial charge in [0, 0.05) is 54.9 Å². The van der Waals surface area contributed by atoms with E-state index in [0.717, 1.165) is 40.1 Å². The first kappa shape index (κ1) is 22.6. The van der Waals surface area contributed by atoms with Gasteiger partial charge in [0.2, 0.25) is 5.88 Å². The maximum atomic E-state index is 6.19. The molecule has 1 aliphatic rings. The fourth-order valence-electron chi connectivity index (χ4n) is 4.28. The molecular weight excluding hydrogens is 476 g/mol. The van der Waals surface area contributed by atoms with Crippen LogP contribution in [0.4, 0.5) is 11.6 Å². The van der Waals surface area contributed by atoms with E-state index in [1.54, 1.807) is 28.4 Å². The first-order valence-corrected chi connectivity index (χ1v) is 12.5. The van der Waals surface area contributed by atoms with Crippen LogP contribution in [0, 0.1) is 0 Å². The summed E-state index contributed by atoms with van der Waals surface area (Å²) in [5, 5.41) is 14.6. The van der Waals surface area contributed by atoms with Crippen LogP contribution in [0.2, 0.25) is 0 Å². The van der Waals surface area contributed by atoms with Gasteiger partial charge in [-0.2, -0.15) is 10.2 Å². The number of aromatic nitrogens is 8. The lowest BCUT2D eigenvalue weighted by Gasteiger charge is -2.16. The standard InChI is InChI=1S/C24H26N10OS/c1-14-6-8-35-24-17(12-28-33(24)4)22-25-7-5-19(30-22)29-20-9-18-16(11-26-20)21(31-34(14)18)23-27-10-15(36-23)13-32(2)3/h5,7,9-12,14H,6,8,13H2,1-4H3,(H,25,26,29,30)/t14-/m0/s1. The van der Waals surface area contributed by atoms with E-state index >= 15 is 0 Å². The summed E-state index contributed by atoms with van der Waals surface area (Å²) in [5.74, 6) is 2.49. The molecule has 0 aliphatic carbocycles. The van der Waals surface area contributed by atoms with Crippen molar-refractivity contribution in [3.63, 3.8) is 0 Å². The molecule has 0 saturated heterocycles. The summed E-state index contributed by atoms with van der Waals surface area (Å²) >= 11 is 1.66. The Morgan fingerprint density at radius 2 is 2.06 bits per heavy atom. The Bertz CT molecular complexity index is 1550. The molecule has 6 heterocycles. The van der Waals surface area contributed by atoms with Crippen molar-refractivity contribution >= 4 is 33.9 Å². The van der Waals surface area contributed by atoms with Gasteiger partial charge < -0.3 is 15.0 Å². The SMILES string of the molecule is C[C@H]1CCOc2c(cnn2C)-c2nccc(n2)Nc2cc3c(cn2)c(-c2ncc(CN(C)C)s2)nn31. The normalized spacial score (nSPS) is 15.5. The number of thiazole rings is 1. The van der Waals surface area contributed by atoms with Gasteiger partial charge in [0.15, 0.2) is 5.82 Å². The van der Waals surface area contributed by atoms with E-state index in [9.17, 15) is 0 Å². The molecule has 5 aromatic rings. The summed E-state index contributed by atoms with van der Waals surface area (Å²) in [6.07, 6.45) is 7.98. The van der Waals surface area contributed by atoms with Crippen LogP contribution in [0.5, 0.6) is 5.88 Å². The second-order valence-electron chi connectivity index (χ2n) is 9.11. The Morgan fingerprint density at radius 3 is 2.92 bits per heavy atom. The molecule has 184 valence electrons. The van der Waals surface area contributed by atoms with Crippen LogP contribution < -0.4 is 10.1 Å². The van der Waals surface area contributed by atoms with Crippen LogP contribution in [-0.4, -0.2) is 65.1 Å². The van der Waals surface area contributed by atoms with E-state index in [0.29, 0.717) is 29.9 Å². The zero-order valence-electron chi connectivity index (χ0n) is 20.5. The molecule has 0 amide bonds. The molecule has 1 aliphatic heterocycles. The van der Waals surface area contributed by atoms with Crippen molar-refractivity contribution in [1.29, 1.82) is 0 Å². The molecule has 5 aromatic heterocycles.